The number of hydrogen-bond donors (Lipinski definition) is 0. The van der Waals surface area contributed by atoms with Crippen LogP contribution in [0.3, 0.4) is 0 Å². The third-order valence-corrected chi connectivity index (χ3v) is 7.81. The van der Waals surface area contributed by atoms with E-state index in [2.05, 4.69) is 90.9 Å². The fraction of sp³-hybridized carbons (Fsp3) is 0.643. The lowest BCUT2D eigenvalue weighted by Crippen LogP contribution is -2.40. The van der Waals surface area contributed by atoms with Crippen molar-refractivity contribution < 1.29 is 0 Å². The highest BCUT2D eigenvalue weighted by molar-refractivity contribution is 5.26. The molecule has 1 saturated carbocycles. The SMILES string of the molecule is C=C(CC(C)c1ccc(C)cc1)N(C)C(CC1(C)CCCC1)C(=C)C(C)(C)CC. The number of benzene rings is 1. The van der Waals surface area contributed by atoms with Gasteiger partial charge in [-0.1, -0.05) is 90.4 Å². The lowest BCUT2D eigenvalue weighted by atomic mass is 9.72. The van der Waals surface area contributed by atoms with Crippen molar-refractivity contribution in [2.24, 2.45) is 10.8 Å². The highest BCUT2D eigenvalue weighted by Gasteiger charge is 2.37. The van der Waals surface area contributed by atoms with E-state index in [1.807, 2.05) is 0 Å². The minimum absolute atomic E-state index is 0.150. The highest BCUT2D eigenvalue weighted by atomic mass is 15.1. The first-order chi connectivity index (χ1) is 13.5. The molecule has 1 aliphatic carbocycles. The second-order valence-electron chi connectivity index (χ2n) is 10.7. The van der Waals surface area contributed by atoms with Gasteiger partial charge in [0.05, 0.1) is 6.04 Å². The molecule has 0 heterocycles. The van der Waals surface area contributed by atoms with Crippen molar-refractivity contribution in [3.05, 3.63) is 59.8 Å². The molecule has 0 aromatic heterocycles. The van der Waals surface area contributed by atoms with Crippen molar-refractivity contribution in [2.45, 2.75) is 98.4 Å². The van der Waals surface area contributed by atoms with Gasteiger partial charge in [0.2, 0.25) is 0 Å². The fourth-order valence-corrected chi connectivity index (χ4v) is 4.80. The summed E-state index contributed by atoms with van der Waals surface area (Å²) in [6.07, 6.45) is 8.77. The first kappa shape index (κ1) is 23.8. The molecule has 29 heavy (non-hydrogen) atoms. The summed E-state index contributed by atoms with van der Waals surface area (Å²) < 4.78 is 0. The molecule has 1 aromatic rings. The molecular weight excluding hydrogens is 350 g/mol. The maximum absolute atomic E-state index is 4.64. The lowest BCUT2D eigenvalue weighted by molar-refractivity contribution is 0.187. The van der Waals surface area contributed by atoms with Gasteiger partial charge in [-0.2, -0.15) is 0 Å². The highest BCUT2D eigenvalue weighted by Crippen LogP contribution is 2.46. The Morgan fingerprint density at radius 1 is 1.14 bits per heavy atom. The Morgan fingerprint density at radius 2 is 1.69 bits per heavy atom. The van der Waals surface area contributed by atoms with Gasteiger partial charge < -0.3 is 4.90 Å². The lowest BCUT2D eigenvalue weighted by Gasteiger charge is -2.43. The van der Waals surface area contributed by atoms with E-state index in [4.69, 9.17) is 0 Å². The number of aryl methyl sites for hydroxylation is 1. The van der Waals surface area contributed by atoms with Crippen LogP contribution in [0.1, 0.15) is 96.6 Å². The standard InChI is InChI=1S/C28H45N/c1-10-27(6,7)24(5)26(20-28(8)17-11-12-18-28)29(9)23(4)19-22(3)25-15-13-21(2)14-16-25/h13-16,22,26H,4-5,10-12,17-20H2,1-3,6-9H3. The van der Waals surface area contributed by atoms with E-state index in [0.29, 0.717) is 17.4 Å². The molecule has 0 spiro atoms. The Kier molecular flexibility index (Phi) is 7.82. The summed E-state index contributed by atoms with van der Waals surface area (Å²) >= 11 is 0. The van der Waals surface area contributed by atoms with Gasteiger partial charge in [0, 0.05) is 12.7 Å². The summed E-state index contributed by atoms with van der Waals surface area (Å²) in [5.74, 6) is 0.473. The largest absolute Gasteiger partial charge is 0.372 e. The van der Waals surface area contributed by atoms with Gasteiger partial charge in [-0.05, 0) is 66.9 Å². The molecule has 0 saturated heterocycles. The molecule has 2 rings (SSSR count). The fourth-order valence-electron chi connectivity index (χ4n) is 4.80. The molecule has 0 aliphatic heterocycles. The van der Waals surface area contributed by atoms with Crippen molar-refractivity contribution >= 4 is 0 Å². The average molecular weight is 396 g/mol. The zero-order valence-corrected chi connectivity index (χ0v) is 20.3. The first-order valence-electron chi connectivity index (χ1n) is 11.7. The first-order valence-corrected chi connectivity index (χ1v) is 11.7. The van der Waals surface area contributed by atoms with Gasteiger partial charge in [0.1, 0.15) is 0 Å². The maximum atomic E-state index is 4.64. The van der Waals surface area contributed by atoms with Gasteiger partial charge in [-0.25, -0.2) is 0 Å². The zero-order valence-electron chi connectivity index (χ0n) is 20.3. The summed E-state index contributed by atoms with van der Waals surface area (Å²) in [6, 6.07) is 9.33. The predicted octanol–water partition coefficient (Wildman–Crippen LogP) is 8.27. The molecule has 1 nitrogen and oxygen atoms in total. The molecule has 0 amide bonds. The van der Waals surface area contributed by atoms with E-state index in [0.717, 1.165) is 12.8 Å². The van der Waals surface area contributed by atoms with Crippen LogP contribution in [0, 0.1) is 17.8 Å². The molecule has 1 aliphatic rings. The molecule has 2 atom stereocenters. The van der Waals surface area contributed by atoms with E-state index < -0.39 is 0 Å². The van der Waals surface area contributed by atoms with Gasteiger partial charge in [-0.15, -0.1) is 0 Å². The summed E-state index contributed by atoms with van der Waals surface area (Å²) in [7, 11) is 2.25. The molecule has 0 N–H and O–H groups in total. The minimum Gasteiger partial charge on any atom is -0.372 e. The molecule has 162 valence electrons. The van der Waals surface area contributed by atoms with Gasteiger partial charge >= 0.3 is 0 Å². The van der Waals surface area contributed by atoms with Crippen LogP contribution in [-0.2, 0) is 0 Å². The quantitative estimate of drug-likeness (QED) is 0.360. The molecular formula is C28H45N. The Balaban J connectivity index is 2.18. The zero-order chi connectivity index (χ0) is 21.8. The van der Waals surface area contributed by atoms with Crippen LogP contribution >= 0.6 is 0 Å². The minimum atomic E-state index is 0.150. The van der Waals surface area contributed by atoms with Crippen LogP contribution in [0.15, 0.2) is 48.7 Å². The Labute approximate surface area is 181 Å². The van der Waals surface area contributed by atoms with Crippen LogP contribution in [0.2, 0.25) is 0 Å². The number of allylic oxidation sites excluding steroid dienone is 1. The summed E-state index contributed by atoms with van der Waals surface area (Å²) in [6.45, 7) is 23.1. The maximum Gasteiger partial charge on any atom is 0.0503 e. The van der Waals surface area contributed by atoms with E-state index in [-0.39, 0.29) is 5.41 Å². The van der Waals surface area contributed by atoms with E-state index in [9.17, 15) is 0 Å². The van der Waals surface area contributed by atoms with E-state index >= 15 is 0 Å². The van der Waals surface area contributed by atoms with Gasteiger partial charge in [-0.3, -0.25) is 0 Å². The summed E-state index contributed by atoms with van der Waals surface area (Å²) in [5, 5.41) is 0. The Hall–Kier alpha value is -1.50. The van der Waals surface area contributed by atoms with Crippen molar-refractivity contribution in [1.29, 1.82) is 0 Å². The summed E-state index contributed by atoms with van der Waals surface area (Å²) in [5.41, 5.74) is 5.92. The molecule has 0 bridgehead atoms. The average Bonchev–Trinajstić information content (AvgIpc) is 3.11. The topological polar surface area (TPSA) is 3.24 Å². The van der Waals surface area contributed by atoms with Crippen molar-refractivity contribution in [3.8, 4) is 0 Å². The van der Waals surface area contributed by atoms with E-state index in [1.54, 1.807) is 0 Å². The van der Waals surface area contributed by atoms with Crippen LogP contribution < -0.4 is 0 Å². The smallest absolute Gasteiger partial charge is 0.0503 e. The van der Waals surface area contributed by atoms with Crippen LogP contribution in [-0.4, -0.2) is 18.0 Å². The van der Waals surface area contributed by atoms with Gasteiger partial charge in [0.25, 0.3) is 0 Å². The van der Waals surface area contributed by atoms with Crippen molar-refractivity contribution in [1.82, 2.24) is 4.90 Å². The van der Waals surface area contributed by atoms with Crippen LogP contribution in [0.4, 0.5) is 0 Å². The van der Waals surface area contributed by atoms with Crippen molar-refractivity contribution in [2.75, 3.05) is 7.05 Å². The number of rotatable bonds is 10. The third kappa shape index (κ3) is 6.00. The normalized spacial score (nSPS) is 18.3. The third-order valence-electron chi connectivity index (χ3n) is 7.81. The number of nitrogens with zero attached hydrogens (tertiary/aromatic N) is 1. The molecule has 1 heteroatoms. The van der Waals surface area contributed by atoms with Crippen molar-refractivity contribution in [3.63, 3.8) is 0 Å². The Morgan fingerprint density at radius 3 is 2.21 bits per heavy atom. The number of likely N-dealkylation sites (N-methyl/N-ethyl adjacent to an activating group) is 1. The predicted molar refractivity (Wildman–Crippen MR) is 129 cm³/mol. The van der Waals surface area contributed by atoms with Crippen LogP contribution in [0.25, 0.3) is 0 Å². The Bertz CT molecular complexity index is 688. The molecule has 2 unspecified atom stereocenters. The molecule has 1 aromatic carbocycles. The second-order valence-corrected chi connectivity index (χ2v) is 10.7. The summed E-state index contributed by atoms with van der Waals surface area (Å²) in [4.78, 5) is 2.47. The second kappa shape index (κ2) is 9.54. The van der Waals surface area contributed by atoms with Gasteiger partial charge in [0.15, 0.2) is 0 Å². The monoisotopic (exact) mass is 395 g/mol. The van der Waals surface area contributed by atoms with Crippen LogP contribution in [0.5, 0.6) is 0 Å². The molecule has 1 fully saturated rings. The number of hydrogen-bond acceptors (Lipinski definition) is 1. The molecule has 0 radical (unpaired) electrons. The van der Waals surface area contributed by atoms with E-state index in [1.165, 1.54) is 54.5 Å².